The fourth-order valence-corrected chi connectivity index (χ4v) is 9.94. The molecule has 9 aromatic rings. The molecule has 3 nitrogen and oxygen atoms in total. The highest BCUT2D eigenvalue weighted by Crippen LogP contribution is 2.62. The van der Waals surface area contributed by atoms with Gasteiger partial charge in [0.2, 0.25) is 0 Å². The van der Waals surface area contributed by atoms with Gasteiger partial charge in [-0.1, -0.05) is 188 Å². The van der Waals surface area contributed by atoms with Crippen molar-refractivity contribution in [1.82, 2.24) is 15.0 Å². The lowest BCUT2D eigenvalue weighted by Gasteiger charge is -2.39. The van der Waals surface area contributed by atoms with Crippen molar-refractivity contribution in [2.45, 2.75) is 15.2 Å². The Balaban J connectivity index is 1.12. The molecule has 1 aliphatic carbocycles. The van der Waals surface area contributed by atoms with Crippen molar-refractivity contribution in [3.8, 4) is 56.4 Å². The van der Waals surface area contributed by atoms with E-state index < -0.39 is 5.41 Å². The molecule has 0 amide bonds. The van der Waals surface area contributed by atoms with Crippen LogP contribution in [0.15, 0.2) is 198 Å². The van der Waals surface area contributed by atoms with Gasteiger partial charge in [-0.25, -0.2) is 15.0 Å². The Labute approximate surface area is 318 Å². The molecule has 54 heavy (non-hydrogen) atoms. The number of benzene rings is 8. The van der Waals surface area contributed by atoms with E-state index in [4.69, 9.17) is 15.0 Å². The van der Waals surface area contributed by atoms with E-state index in [9.17, 15) is 0 Å². The minimum Gasteiger partial charge on any atom is -0.208 e. The van der Waals surface area contributed by atoms with Crippen LogP contribution in [-0.4, -0.2) is 15.0 Å². The molecule has 0 bridgehead atoms. The summed E-state index contributed by atoms with van der Waals surface area (Å²) in [6.07, 6.45) is 0. The van der Waals surface area contributed by atoms with Crippen LogP contribution in [0.25, 0.3) is 67.2 Å². The summed E-state index contributed by atoms with van der Waals surface area (Å²) >= 11 is 1.86. The highest BCUT2D eigenvalue weighted by atomic mass is 32.2. The summed E-state index contributed by atoms with van der Waals surface area (Å²) in [6, 6.07) is 67.3. The zero-order chi connectivity index (χ0) is 35.6. The molecule has 0 fully saturated rings. The van der Waals surface area contributed by atoms with Gasteiger partial charge >= 0.3 is 0 Å². The molecule has 11 rings (SSSR count). The van der Waals surface area contributed by atoms with Gasteiger partial charge in [-0.05, 0) is 67.4 Å². The Morgan fingerprint density at radius 1 is 0.333 bits per heavy atom. The SMILES string of the molecule is c1ccc(-c2nc(-c3ccccc3-c3ccc4c(c3)Sc3ccccc3C43c4ccccc4-c4ccccc43)nc(-c3cccc4ccccc34)n2)cc1. The fraction of sp³-hybridized carbons (Fsp3) is 0.0200. The second-order valence-electron chi connectivity index (χ2n) is 13.9. The predicted molar refractivity (Wildman–Crippen MR) is 221 cm³/mol. The van der Waals surface area contributed by atoms with E-state index in [1.165, 1.54) is 43.2 Å². The van der Waals surface area contributed by atoms with Crippen LogP contribution in [0.5, 0.6) is 0 Å². The molecule has 2 aliphatic rings. The van der Waals surface area contributed by atoms with Crippen LogP contribution < -0.4 is 0 Å². The first-order chi connectivity index (χ1) is 26.8. The van der Waals surface area contributed by atoms with Crippen LogP contribution >= 0.6 is 11.8 Å². The van der Waals surface area contributed by atoms with Gasteiger partial charge in [0.1, 0.15) is 0 Å². The summed E-state index contributed by atoms with van der Waals surface area (Å²) in [6.45, 7) is 0. The third kappa shape index (κ3) is 4.60. The molecule has 0 radical (unpaired) electrons. The molecule has 1 aromatic heterocycles. The number of hydrogen-bond acceptors (Lipinski definition) is 4. The quantitative estimate of drug-likeness (QED) is 0.183. The van der Waals surface area contributed by atoms with Crippen molar-refractivity contribution in [2.75, 3.05) is 0 Å². The summed E-state index contributed by atoms with van der Waals surface area (Å²) in [4.78, 5) is 18.0. The topological polar surface area (TPSA) is 38.7 Å². The number of rotatable bonds is 4. The zero-order valence-electron chi connectivity index (χ0n) is 29.1. The van der Waals surface area contributed by atoms with Crippen LogP contribution in [0.1, 0.15) is 22.3 Å². The van der Waals surface area contributed by atoms with E-state index >= 15 is 0 Å². The predicted octanol–water partition coefficient (Wildman–Crippen LogP) is 12.5. The Hall–Kier alpha value is -6.62. The summed E-state index contributed by atoms with van der Waals surface area (Å²) in [7, 11) is 0. The molecular weight excluding hydrogens is 675 g/mol. The minimum absolute atomic E-state index is 0.408. The van der Waals surface area contributed by atoms with Gasteiger partial charge in [0.05, 0.1) is 5.41 Å². The minimum atomic E-state index is -0.408. The van der Waals surface area contributed by atoms with Gasteiger partial charge in [0.25, 0.3) is 0 Å². The second kappa shape index (κ2) is 12.2. The summed E-state index contributed by atoms with van der Waals surface area (Å²) < 4.78 is 0. The molecule has 2 heterocycles. The van der Waals surface area contributed by atoms with Gasteiger partial charge in [-0.3, -0.25) is 0 Å². The average molecular weight is 706 g/mol. The number of fused-ring (bicyclic) bond motifs is 10. The Morgan fingerprint density at radius 3 is 1.65 bits per heavy atom. The largest absolute Gasteiger partial charge is 0.208 e. The maximum absolute atomic E-state index is 5.23. The van der Waals surface area contributed by atoms with Gasteiger partial charge in [0, 0.05) is 26.5 Å². The van der Waals surface area contributed by atoms with E-state index in [0.717, 1.165) is 38.6 Å². The molecule has 1 spiro atoms. The van der Waals surface area contributed by atoms with Crippen molar-refractivity contribution >= 4 is 22.5 Å². The molecule has 4 heteroatoms. The lowest BCUT2D eigenvalue weighted by Crippen LogP contribution is -2.31. The molecule has 8 aromatic carbocycles. The van der Waals surface area contributed by atoms with Crippen LogP contribution in [0, 0.1) is 0 Å². The molecule has 0 saturated heterocycles. The monoisotopic (exact) mass is 705 g/mol. The maximum atomic E-state index is 5.23. The first kappa shape index (κ1) is 31.0. The van der Waals surface area contributed by atoms with Gasteiger partial charge in [0.15, 0.2) is 17.5 Å². The van der Waals surface area contributed by atoms with E-state index in [1.807, 2.05) is 30.0 Å². The second-order valence-corrected chi connectivity index (χ2v) is 15.0. The molecule has 0 atom stereocenters. The third-order valence-electron chi connectivity index (χ3n) is 11.0. The highest BCUT2D eigenvalue weighted by molar-refractivity contribution is 7.99. The maximum Gasteiger partial charge on any atom is 0.164 e. The standard InChI is InChI=1S/C50H31N3S/c1-2-16-33(17-3-1)47-51-48(53-49(52-47)40-24-14-18-32-15-4-5-19-35(32)40)39-23-7-6-20-36(39)34-29-30-44-46(31-34)54-45-28-13-12-27-43(45)50(44)41-25-10-8-21-37(41)38-22-9-11-26-42(38)50/h1-31H. The van der Waals surface area contributed by atoms with E-state index in [-0.39, 0.29) is 0 Å². The van der Waals surface area contributed by atoms with Crippen molar-refractivity contribution in [3.05, 3.63) is 210 Å². The molecule has 252 valence electrons. The third-order valence-corrected chi connectivity index (χ3v) is 12.2. The molecule has 0 unspecified atom stereocenters. The Bertz CT molecular complexity index is 2880. The smallest absolute Gasteiger partial charge is 0.164 e. The fourth-order valence-electron chi connectivity index (χ4n) is 8.71. The van der Waals surface area contributed by atoms with Crippen molar-refractivity contribution in [3.63, 3.8) is 0 Å². The van der Waals surface area contributed by atoms with Crippen LogP contribution in [0.4, 0.5) is 0 Å². The first-order valence-electron chi connectivity index (χ1n) is 18.3. The van der Waals surface area contributed by atoms with E-state index in [0.29, 0.717) is 17.5 Å². The number of aromatic nitrogens is 3. The Morgan fingerprint density at radius 2 is 0.870 bits per heavy atom. The van der Waals surface area contributed by atoms with E-state index in [2.05, 4.69) is 170 Å². The van der Waals surface area contributed by atoms with Crippen LogP contribution in [-0.2, 0) is 5.41 Å². The molecular formula is C50H31N3S. The summed E-state index contributed by atoms with van der Waals surface area (Å²) in [5, 5.41) is 2.26. The average Bonchev–Trinajstić information content (AvgIpc) is 3.54. The lowest BCUT2D eigenvalue weighted by atomic mass is 9.67. The number of hydrogen-bond donors (Lipinski definition) is 0. The molecule has 1 aliphatic heterocycles. The molecule has 0 saturated carbocycles. The van der Waals surface area contributed by atoms with E-state index in [1.54, 1.807) is 0 Å². The zero-order valence-corrected chi connectivity index (χ0v) is 30.0. The van der Waals surface area contributed by atoms with Crippen molar-refractivity contribution < 1.29 is 0 Å². The summed E-state index contributed by atoms with van der Waals surface area (Å²) in [5.74, 6) is 1.95. The Kier molecular flexibility index (Phi) is 7.01. The number of nitrogens with zero attached hydrogens (tertiary/aromatic N) is 3. The van der Waals surface area contributed by atoms with Gasteiger partial charge in [-0.15, -0.1) is 0 Å². The van der Waals surface area contributed by atoms with Crippen molar-refractivity contribution in [1.29, 1.82) is 0 Å². The normalized spacial score (nSPS) is 13.3. The van der Waals surface area contributed by atoms with Gasteiger partial charge in [-0.2, -0.15) is 0 Å². The lowest BCUT2D eigenvalue weighted by molar-refractivity contribution is 0.722. The van der Waals surface area contributed by atoms with Crippen LogP contribution in [0.3, 0.4) is 0 Å². The summed E-state index contributed by atoms with van der Waals surface area (Å²) in [5.41, 5.74) is 12.6. The van der Waals surface area contributed by atoms with Crippen LogP contribution in [0.2, 0.25) is 0 Å². The first-order valence-corrected chi connectivity index (χ1v) is 19.1. The molecule has 0 N–H and O–H groups in total. The van der Waals surface area contributed by atoms with Crippen molar-refractivity contribution in [2.24, 2.45) is 0 Å². The van der Waals surface area contributed by atoms with Gasteiger partial charge < -0.3 is 0 Å². The highest BCUT2D eigenvalue weighted by Gasteiger charge is 2.50.